The molecule has 4 unspecified atom stereocenters. The van der Waals surface area contributed by atoms with Crippen LogP contribution in [0.3, 0.4) is 0 Å². The predicted molar refractivity (Wildman–Crippen MR) is 93.3 cm³/mol. The van der Waals surface area contributed by atoms with Crippen molar-refractivity contribution in [3.63, 3.8) is 0 Å². The van der Waals surface area contributed by atoms with Crippen molar-refractivity contribution in [3.8, 4) is 0 Å². The quantitative estimate of drug-likeness (QED) is 0.487. The van der Waals surface area contributed by atoms with Crippen LogP contribution in [0.15, 0.2) is 12.2 Å². The zero-order valence-electron chi connectivity index (χ0n) is 16.1. The first-order valence-corrected chi connectivity index (χ1v) is 9.31. The van der Waals surface area contributed by atoms with E-state index in [-0.39, 0.29) is 35.5 Å². The van der Waals surface area contributed by atoms with Gasteiger partial charge < -0.3 is 0 Å². The van der Waals surface area contributed by atoms with Gasteiger partial charge in [-0.3, -0.25) is 29.0 Å². The van der Waals surface area contributed by atoms with Crippen LogP contribution >= 0.6 is 0 Å². The number of likely N-dealkylation sites (tertiary alicyclic amines) is 2. The van der Waals surface area contributed by atoms with Crippen LogP contribution in [0.4, 0.5) is 0 Å². The Balaban J connectivity index is 1.80. The highest BCUT2D eigenvalue weighted by atomic mass is 16.2. The third kappa shape index (κ3) is 1.93. The molecule has 6 nitrogen and oxygen atoms in total. The fraction of sp³-hybridized carbons (Fsp3) is 0.700. The first-order chi connectivity index (χ1) is 11.9. The Labute approximate surface area is 153 Å². The van der Waals surface area contributed by atoms with Gasteiger partial charge >= 0.3 is 0 Å². The van der Waals surface area contributed by atoms with Crippen LogP contribution in [0.1, 0.15) is 41.5 Å². The first-order valence-electron chi connectivity index (χ1n) is 9.31. The van der Waals surface area contributed by atoms with Gasteiger partial charge in [-0.05, 0) is 41.5 Å². The van der Waals surface area contributed by atoms with Crippen LogP contribution in [0, 0.1) is 35.5 Å². The third-order valence-electron chi connectivity index (χ3n) is 6.35. The fourth-order valence-electron chi connectivity index (χ4n) is 5.55. The Kier molecular flexibility index (Phi) is 3.25. The maximum absolute atomic E-state index is 13.1. The Morgan fingerprint density at radius 1 is 0.577 bits per heavy atom. The zero-order chi connectivity index (χ0) is 19.3. The number of hydrogen-bond acceptors (Lipinski definition) is 4. The molecule has 0 N–H and O–H groups in total. The highest BCUT2D eigenvalue weighted by Crippen LogP contribution is 2.59. The summed E-state index contributed by atoms with van der Waals surface area (Å²) in [5.74, 6) is -3.60. The molecule has 3 fully saturated rings. The van der Waals surface area contributed by atoms with Crippen LogP contribution in [-0.4, -0.2) is 44.5 Å². The van der Waals surface area contributed by atoms with Crippen molar-refractivity contribution in [1.29, 1.82) is 0 Å². The van der Waals surface area contributed by atoms with E-state index in [9.17, 15) is 19.2 Å². The Bertz CT molecular complexity index is 662. The number of amides is 4. The second-order valence-corrected chi connectivity index (χ2v) is 10.0. The van der Waals surface area contributed by atoms with Crippen molar-refractivity contribution in [2.24, 2.45) is 35.5 Å². The lowest BCUT2D eigenvalue weighted by molar-refractivity contribution is -0.145. The molecule has 0 aromatic rings. The van der Waals surface area contributed by atoms with E-state index in [1.807, 2.05) is 53.7 Å². The lowest BCUT2D eigenvalue weighted by atomic mass is 9.54. The molecule has 2 bridgehead atoms. The van der Waals surface area contributed by atoms with Crippen molar-refractivity contribution in [2.75, 3.05) is 0 Å². The standard InChI is InChI=1S/C20H26N2O4/c1-19(2,3)21-15(23)11-9-7-8-10(12(11)16(21)24)14-13(9)17(25)22(18(14)26)20(4,5)6/h7-14H,1-6H3. The lowest BCUT2D eigenvalue weighted by Crippen LogP contribution is -2.50. The van der Waals surface area contributed by atoms with E-state index in [1.54, 1.807) is 0 Å². The summed E-state index contributed by atoms with van der Waals surface area (Å²) in [5, 5.41) is 0. The van der Waals surface area contributed by atoms with Gasteiger partial charge in [-0.2, -0.15) is 0 Å². The molecule has 5 rings (SSSR count). The van der Waals surface area contributed by atoms with Crippen molar-refractivity contribution in [3.05, 3.63) is 12.2 Å². The van der Waals surface area contributed by atoms with Crippen LogP contribution in [0.2, 0.25) is 0 Å². The summed E-state index contributed by atoms with van der Waals surface area (Å²) in [6.07, 6.45) is 3.81. The van der Waals surface area contributed by atoms with Gasteiger partial charge in [-0.25, -0.2) is 0 Å². The lowest BCUT2D eigenvalue weighted by Gasteiger charge is -2.44. The average molecular weight is 358 g/mol. The largest absolute Gasteiger partial charge is 0.277 e. The molecular weight excluding hydrogens is 332 g/mol. The van der Waals surface area contributed by atoms with Gasteiger partial charge in [0, 0.05) is 22.9 Å². The molecule has 140 valence electrons. The minimum Gasteiger partial charge on any atom is -0.277 e. The first kappa shape index (κ1) is 17.4. The topological polar surface area (TPSA) is 74.8 Å². The highest BCUT2D eigenvalue weighted by molar-refractivity contribution is 6.11. The molecule has 1 saturated carbocycles. The molecule has 2 aliphatic heterocycles. The molecule has 3 aliphatic carbocycles. The van der Waals surface area contributed by atoms with Gasteiger partial charge in [0.25, 0.3) is 0 Å². The minimum atomic E-state index is -0.606. The van der Waals surface area contributed by atoms with Gasteiger partial charge in [0.1, 0.15) is 0 Å². The summed E-state index contributed by atoms with van der Waals surface area (Å²) in [7, 11) is 0. The van der Waals surface area contributed by atoms with E-state index in [4.69, 9.17) is 0 Å². The summed E-state index contributed by atoms with van der Waals surface area (Å²) in [4.78, 5) is 55.1. The van der Waals surface area contributed by atoms with E-state index in [2.05, 4.69) is 0 Å². The number of allylic oxidation sites excluding steroid dienone is 2. The van der Waals surface area contributed by atoms with Crippen molar-refractivity contribution in [2.45, 2.75) is 52.6 Å². The average Bonchev–Trinajstić information content (AvgIpc) is 2.93. The Morgan fingerprint density at radius 3 is 1.00 bits per heavy atom. The third-order valence-corrected chi connectivity index (χ3v) is 6.35. The normalized spacial score (nSPS) is 39.2. The molecule has 0 aromatic carbocycles. The Hall–Kier alpha value is -1.98. The van der Waals surface area contributed by atoms with E-state index >= 15 is 0 Å². The SMILES string of the molecule is CC(C)(C)N1C(=O)C2C3C=CC(C2C1=O)C1C(=O)N(C(C)(C)C)C(=O)C31. The molecule has 2 saturated heterocycles. The van der Waals surface area contributed by atoms with E-state index in [0.29, 0.717) is 0 Å². The molecule has 2 heterocycles. The number of carbonyl (C=O) groups is 4. The van der Waals surface area contributed by atoms with E-state index < -0.39 is 34.7 Å². The summed E-state index contributed by atoms with van der Waals surface area (Å²) < 4.78 is 0. The van der Waals surface area contributed by atoms with Crippen molar-refractivity contribution < 1.29 is 19.2 Å². The molecular formula is C20H26N2O4. The van der Waals surface area contributed by atoms with Crippen molar-refractivity contribution >= 4 is 23.6 Å². The number of imide groups is 2. The highest BCUT2D eigenvalue weighted by Gasteiger charge is 2.69. The second-order valence-electron chi connectivity index (χ2n) is 10.0. The molecule has 4 amide bonds. The van der Waals surface area contributed by atoms with Gasteiger partial charge in [0.15, 0.2) is 0 Å². The van der Waals surface area contributed by atoms with Gasteiger partial charge in [0.2, 0.25) is 23.6 Å². The predicted octanol–water partition coefficient (Wildman–Crippen LogP) is 1.60. The molecule has 0 radical (unpaired) electrons. The van der Waals surface area contributed by atoms with Gasteiger partial charge in [-0.15, -0.1) is 0 Å². The van der Waals surface area contributed by atoms with Crippen LogP contribution in [0.25, 0.3) is 0 Å². The monoisotopic (exact) mass is 358 g/mol. The van der Waals surface area contributed by atoms with Crippen molar-refractivity contribution in [1.82, 2.24) is 9.80 Å². The maximum atomic E-state index is 13.1. The van der Waals surface area contributed by atoms with Crippen LogP contribution in [0.5, 0.6) is 0 Å². The van der Waals surface area contributed by atoms with E-state index in [0.717, 1.165) is 0 Å². The smallest absolute Gasteiger partial charge is 0.234 e. The maximum Gasteiger partial charge on any atom is 0.234 e. The molecule has 0 spiro atoms. The minimum absolute atomic E-state index is 0.195. The molecule has 0 aromatic heterocycles. The van der Waals surface area contributed by atoms with Gasteiger partial charge in [-0.1, -0.05) is 12.2 Å². The van der Waals surface area contributed by atoms with Crippen LogP contribution in [-0.2, 0) is 19.2 Å². The summed E-state index contributed by atoms with van der Waals surface area (Å²) in [5.41, 5.74) is -1.21. The second kappa shape index (κ2) is 4.84. The number of hydrogen-bond donors (Lipinski definition) is 0. The number of nitrogens with zero attached hydrogens (tertiary/aromatic N) is 2. The zero-order valence-corrected chi connectivity index (χ0v) is 16.1. The summed E-state index contributed by atoms with van der Waals surface area (Å²) >= 11 is 0. The summed E-state index contributed by atoms with van der Waals surface area (Å²) in [6.45, 7) is 11.0. The molecule has 26 heavy (non-hydrogen) atoms. The number of rotatable bonds is 0. The number of carbonyl (C=O) groups excluding carboxylic acids is 4. The molecule has 5 aliphatic rings. The van der Waals surface area contributed by atoms with Gasteiger partial charge in [0.05, 0.1) is 23.7 Å². The Morgan fingerprint density at radius 2 is 0.808 bits per heavy atom. The summed E-state index contributed by atoms with van der Waals surface area (Å²) in [6, 6.07) is 0. The molecule has 4 atom stereocenters. The van der Waals surface area contributed by atoms with E-state index in [1.165, 1.54) is 9.80 Å². The fourth-order valence-corrected chi connectivity index (χ4v) is 5.55. The molecule has 6 heteroatoms. The van der Waals surface area contributed by atoms with Crippen LogP contribution < -0.4 is 0 Å².